The van der Waals surface area contributed by atoms with Gasteiger partial charge in [-0.25, -0.2) is 4.79 Å². The average Bonchev–Trinajstić information content (AvgIpc) is 2.78. The van der Waals surface area contributed by atoms with Gasteiger partial charge in [0.2, 0.25) is 0 Å². The van der Waals surface area contributed by atoms with Crippen LogP contribution in [0.3, 0.4) is 0 Å². The smallest absolute Gasteiger partial charge is 0.338 e. The zero-order valence-electron chi connectivity index (χ0n) is 17.9. The van der Waals surface area contributed by atoms with Crippen molar-refractivity contribution in [3.63, 3.8) is 0 Å². The summed E-state index contributed by atoms with van der Waals surface area (Å²) in [5.41, 5.74) is 1.56. The van der Waals surface area contributed by atoms with Crippen LogP contribution in [-0.4, -0.2) is 55.7 Å². The van der Waals surface area contributed by atoms with Gasteiger partial charge in [-0.1, -0.05) is 32.0 Å². The Hall–Kier alpha value is -3.02. The van der Waals surface area contributed by atoms with Crippen molar-refractivity contribution >= 4 is 17.6 Å². The average molecular weight is 411 g/mol. The summed E-state index contributed by atoms with van der Waals surface area (Å²) in [5, 5.41) is 0. The first-order chi connectivity index (χ1) is 14.4. The number of para-hydroxylation sites is 1. The van der Waals surface area contributed by atoms with Gasteiger partial charge in [-0.3, -0.25) is 4.79 Å². The number of hydrogen-bond acceptors (Lipinski definition) is 5. The first kappa shape index (κ1) is 21.7. The largest absolute Gasteiger partial charge is 0.493 e. The van der Waals surface area contributed by atoms with E-state index >= 15 is 0 Å². The number of ether oxygens (including phenoxy) is 2. The van der Waals surface area contributed by atoms with Crippen molar-refractivity contribution < 1.29 is 19.1 Å². The standard InChI is InChI=1S/C24H30N2O4/c1-18(2)17-29-22-11-9-20(10-12-22)24(28)30-19(3)23(27)26-15-13-25(14-16-26)21-7-5-4-6-8-21/h4-12,18-19H,13-17H2,1-3H3/t19-/m0/s1. The molecule has 160 valence electrons. The van der Waals surface area contributed by atoms with Gasteiger partial charge in [-0.05, 0) is 49.2 Å². The van der Waals surface area contributed by atoms with Crippen molar-refractivity contribution in [2.45, 2.75) is 26.9 Å². The highest BCUT2D eigenvalue weighted by Gasteiger charge is 2.27. The molecule has 1 aliphatic rings. The highest BCUT2D eigenvalue weighted by molar-refractivity contribution is 5.92. The monoisotopic (exact) mass is 410 g/mol. The third kappa shape index (κ3) is 5.75. The SMILES string of the molecule is CC(C)COc1ccc(C(=O)O[C@@H](C)C(=O)N2CCN(c3ccccc3)CC2)cc1. The van der Waals surface area contributed by atoms with Crippen molar-refractivity contribution in [2.24, 2.45) is 5.92 Å². The minimum absolute atomic E-state index is 0.159. The van der Waals surface area contributed by atoms with Gasteiger partial charge in [-0.15, -0.1) is 0 Å². The van der Waals surface area contributed by atoms with Gasteiger partial charge in [0.15, 0.2) is 6.10 Å². The van der Waals surface area contributed by atoms with Crippen LogP contribution >= 0.6 is 0 Å². The van der Waals surface area contributed by atoms with Gasteiger partial charge in [0.1, 0.15) is 5.75 Å². The van der Waals surface area contributed by atoms with Gasteiger partial charge in [0, 0.05) is 31.9 Å². The fourth-order valence-electron chi connectivity index (χ4n) is 3.31. The van der Waals surface area contributed by atoms with Crippen LogP contribution in [0.5, 0.6) is 5.75 Å². The number of esters is 1. The van der Waals surface area contributed by atoms with Crippen LogP contribution in [0.2, 0.25) is 0 Å². The van der Waals surface area contributed by atoms with Crippen molar-refractivity contribution in [2.75, 3.05) is 37.7 Å². The van der Waals surface area contributed by atoms with Crippen molar-refractivity contribution in [1.29, 1.82) is 0 Å². The summed E-state index contributed by atoms with van der Waals surface area (Å²) < 4.78 is 11.0. The van der Waals surface area contributed by atoms with E-state index in [1.807, 2.05) is 18.2 Å². The molecule has 6 heteroatoms. The molecule has 1 atom stereocenters. The molecule has 0 aliphatic carbocycles. The lowest BCUT2D eigenvalue weighted by Gasteiger charge is -2.37. The van der Waals surface area contributed by atoms with Crippen LogP contribution < -0.4 is 9.64 Å². The molecule has 0 radical (unpaired) electrons. The third-order valence-corrected chi connectivity index (χ3v) is 5.02. The quantitative estimate of drug-likeness (QED) is 0.653. The molecule has 0 spiro atoms. The molecule has 1 fully saturated rings. The molecule has 1 aliphatic heterocycles. The zero-order chi connectivity index (χ0) is 21.5. The summed E-state index contributed by atoms with van der Waals surface area (Å²) in [6.45, 7) is 9.13. The fourth-order valence-corrected chi connectivity index (χ4v) is 3.31. The second-order valence-corrected chi connectivity index (χ2v) is 7.92. The lowest BCUT2D eigenvalue weighted by Crippen LogP contribution is -2.51. The van der Waals surface area contributed by atoms with Gasteiger partial charge in [0.25, 0.3) is 5.91 Å². The van der Waals surface area contributed by atoms with Crippen LogP contribution in [0.4, 0.5) is 5.69 Å². The molecule has 1 saturated heterocycles. The molecule has 1 amide bonds. The zero-order valence-corrected chi connectivity index (χ0v) is 17.9. The lowest BCUT2D eigenvalue weighted by molar-refractivity contribution is -0.140. The van der Waals surface area contributed by atoms with E-state index in [0.717, 1.165) is 18.8 Å². The number of piperazine rings is 1. The molecule has 0 aromatic heterocycles. The number of carbonyl (C=O) groups excluding carboxylic acids is 2. The van der Waals surface area contributed by atoms with E-state index < -0.39 is 12.1 Å². The fraction of sp³-hybridized carbons (Fsp3) is 0.417. The molecular formula is C24H30N2O4. The molecule has 0 N–H and O–H groups in total. The van der Waals surface area contributed by atoms with Crippen LogP contribution in [0.15, 0.2) is 54.6 Å². The Morgan fingerprint density at radius 3 is 2.13 bits per heavy atom. The Bertz CT molecular complexity index is 828. The van der Waals surface area contributed by atoms with Crippen molar-refractivity contribution in [1.82, 2.24) is 4.90 Å². The maximum Gasteiger partial charge on any atom is 0.338 e. The number of anilines is 1. The summed E-state index contributed by atoms with van der Waals surface area (Å²) in [5.74, 6) is 0.471. The van der Waals surface area contributed by atoms with Gasteiger partial charge >= 0.3 is 5.97 Å². The molecule has 30 heavy (non-hydrogen) atoms. The second kappa shape index (κ2) is 10.1. The Labute approximate surface area is 178 Å². The molecule has 3 rings (SSSR count). The van der Waals surface area contributed by atoms with Crippen LogP contribution in [0, 0.1) is 5.92 Å². The number of rotatable bonds is 7. The molecular weight excluding hydrogens is 380 g/mol. The van der Waals surface area contributed by atoms with Crippen LogP contribution in [-0.2, 0) is 9.53 Å². The predicted molar refractivity (Wildman–Crippen MR) is 117 cm³/mol. The first-order valence-electron chi connectivity index (χ1n) is 10.5. The Morgan fingerprint density at radius 2 is 1.53 bits per heavy atom. The van der Waals surface area contributed by atoms with E-state index in [9.17, 15) is 9.59 Å². The van der Waals surface area contributed by atoms with E-state index in [-0.39, 0.29) is 5.91 Å². The maximum absolute atomic E-state index is 12.7. The van der Waals surface area contributed by atoms with E-state index in [2.05, 4.69) is 30.9 Å². The minimum atomic E-state index is -0.822. The predicted octanol–water partition coefficient (Wildman–Crippen LogP) is 3.62. The number of benzene rings is 2. The first-order valence-corrected chi connectivity index (χ1v) is 10.5. The van der Waals surface area contributed by atoms with Crippen molar-refractivity contribution in [3.8, 4) is 5.75 Å². The van der Waals surface area contributed by atoms with Gasteiger partial charge in [-0.2, -0.15) is 0 Å². The van der Waals surface area contributed by atoms with E-state index in [1.54, 1.807) is 36.1 Å². The maximum atomic E-state index is 12.7. The summed E-state index contributed by atoms with van der Waals surface area (Å²) >= 11 is 0. The molecule has 0 bridgehead atoms. The van der Waals surface area contributed by atoms with Gasteiger partial charge < -0.3 is 19.3 Å². The van der Waals surface area contributed by atoms with Crippen LogP contribution in [0.1, 0.15) is 31.1 Å². The molecule has 1 heterocycles. The number of hydrogen-bond donors (Lipinski definition) is 0. The molecule has 0 unspecified atom stereocenters. The van der Waals surface area contributed by atoms with E-state index in [1.165, 1.54) is 0 Å². The number of amides is 1. The van der Waals surface area contributed by atoms with Gasteiger partial charge in [0.05, 0.1) is 12.2 Å². The Balaban J connectivity index is 1.49. The Kier molecular flexibility index (Phi) is 7.33. The highest BCUT2D eigenvalue weighted by Crippen LogP contribution is 2.17. The number of nitrogens with zero attached hydrogens (tertiary/aromatic N) is 2. The van der Waals surface area contributed by atoms with E-state index in [4.69, 9.17) is 9.47 Å². The Morgan fingerprint density at radius 1 is 0.900 bits per heavy atom. The topological polar surface area (TPSA) is 59.1 Å². The normalized spacial score (nSPS) is 15.1. The summed E-state index contributed by atoms with van der Waals surface area (Å²) in [4.78, 5) is 29.2. The highest BCUT2D eigenvalue weighted by atomic mass is 16.5. The summed E-state index contributed by atoms with van der Waals surface area (Å²) in [6, 6.07) is 17.0. The molecule has 0 saturated carbocycles. The molecule has 2 aromatic carbocycles. The molecule has 2 aromatic rings. The third-order valence-electron chi connectivity index (χ3n) is 5.02. The minimum Gasteiger partial charge on any atom is -0.493 e. The van der Waals surface area contributed by atoms with Crippen LogP contribution in [0.25, 0.3) is 0 Å². The molecule has 6 nitrogen and oxygen atoms in total. The second-order valence-electron chi connectivity index (χ2n) is 7.92. The summed E-state index contributed by atoms with van der Waals surface area (Å²) in [6.07, 6.45) is -0.822. The van der Waals surface area contributed by atoms with Crippen molar-refractivity contribution in [3.05, 3.63) is 60.2 Å². The number of carbonyl (C=O) groups is 2. The summed E-state index contributed by atoms with van der Waals surface area (Å²) in [7, 11) is 0. The lowest BCUT2D eigenvalue weighted by atomic mass is 10.2. The van der Waals surface area contributed by atoms with E-state index in [0.29, 0.717) is 36.9 Å².